The average Bonchev–Trinajstić information content (AvgIpc) is 2.84. The number of amides is 1. The topological polar surface area (TPSA) is 55.1 Å². The number of hydrogen-bond acceptors (Lipinski definition) is 3. The van der Waals surface area contributed by atoms with Gasteiger partial charge in [-0.2, -0.15) is 0 Å². The van der Waals surface area contributed by atoms with Crippen molar-refractivity contribution in [3.05, 3.63) is 21.9 Å². The second kappa shape index (κ2) is 8.08. The van der Waals surface area contributed by atoms with E-state index < -0.39 is 0 Å². The van der Waals surface area contributed by atoms with E-state index in [1.165, 1.54) is 11.3 Å². The van der Waals surface area contributed by atoms with E-state index in [2.05, 4.69) is 44.9 Å². The molecule has 0 aliphatic carbocycles. The molecule has 1 aromatic heterocycles. The molecule has 3 nitrogen and oxygen atoms in total. The molecule has 1 heterocycles. The maximum atomic E-state index is 12.1. The van der Waals surface area contributed by atoms with Crippen molar-refractivity contribution in [2.75, 3.05) is 13.1 Å². The smallest absolute Gasteiger partial charge is 0.252 e. The predicted molar refractivity (Wildman–Crippen MR) is 85.8 cm³/mol. The van der Waals surface area contributed by atoms with E-state index in [4.69, 9.17) is 5.73 Å². The van der Waals surface area contributed by atoms with Crippen molar-refractivity contribution in [2.24, 2.45) is 23.5 Å². The second-order valence-corrected chi connectivity index (χ2v) is 6.48. The maximum Gasteiger partial charge on any atom is 0.252 e. The van der Waals surface area contributed by atoms with Crippen LogP contribution in [0.25, 0.3) is 0 Å². The van der Waals surface area contributed by atoms with Crippen molar-refractivity contribution in [1.82, 2.24) is 5.32 Å². The van der Waals surface area contributed by atoms with Gasteiger partial charge >= 0.3 is 0 Å². The molecule has 1 aromatic rings. The number of nitrogens with two attached hydrogens (primary N) is 1. The van der Waals surface area contributed by atoms with Crippen LogP contribution in [0.5, 0.6) is 0 Å². The first-order chi connectivity index (χ1) is 9.45. The summed E-state index contributed by atoms with van der Waals surface area (Å²) in [6, 6.07) is 1.82. The van der Waals surface area contributed by atoms with Gasteiger partial charge in [0.1, 0.15) is 0 Å². The van der Waals surface area contributed by atoms with E-state index in [9.17, 15) is 4.79 Å². The summed E-state index contributed by atoms with van der Waals surface area (Å²) in [6.45, 7) is 9.84. The van der Waals surface area contributed by atoms with Gasteiger partial charge in [0.2, 0.25) is 0 Å². The van der Waals surface area contributed by atoms with E-state index in [1.54, 1.807) is 0 Å². The molecule has 0 saturated carbocycles. The summed E-state index contributed by atoms with van der Waals surface area (Å²) >= 11 is 1.47. The minimum Gasteiger partial charge on any atom is -0.352 e. The van der Waals surface area contributed by atoms with Crippen molar-refractivity contribution in [2.45, 2.75) is 27.7 Å². The monoisotopic (exact) mass is 292 g/mol. The third kappa shape index (κ3) is 4.99. The Bertz CT molecular complexity index is 486. The largest absolute Gasteiger partial charge is 0.352 e. The van der Waals surface area contributed by atoms with Crippen molar-refractivity contribution in [3.8, 4) is 11.8 Å². The Morgan fingerprint density at radius 3 is 2.55 bits per heavy atom. The Hall–Kier alpha value is -1.31. The minimum atomic E-state index is -0.0200. The van der Waals surface area contributed by atoms with E-state index in [-0.39, 0.29) is 5.91 Å². The van der Waals surface area contributed by atoms with E-state index in [1.807, 2.05) is 11.4 Å². The van der Waals surface area contributed by atoms with Gasteiger partial charge in [-0.1, -0.05) is 39.5 Å². The molecule has 0 spiro atoms. The molecule has 0 aliphatic rings. The molecule has 0 fully saturated rings. The van der Waals surface area contributed by atoms with Gasteiger partial charge in [-0.25, -0.2) is 0 Å². The van der Waals surface area contributed by atoms with Crippen LogP contribution in [0.2, 0.25) is 0 Å². The van der Waals surface area contributed by atoms with Gasteiger partial charge in [0.25, 0.3) is 5.91 Å². The van der Waals surface area contributed by atoms with Crippen molar-refractivity contribution >= 4 is 17.2 Å². The van der Waals surface area contributed by atoms with Crippen LogP contribution in [0.15, 0.2) is 11.4 Å². The highest BCUT2D eigenvalue weighted by atomic mass is 32.1. The lowest BCUT2D eigenvalue weighted by Crippen LogP contribution is -2.33. The fraction of sp³-hybridized carbons (Fsp3) is 0.562. The fourth-order valence-corrected chi connectivity index (χ4v) is 2.97. The number of nitrogens with one attached hydrogen (secondary N) is 1. The number of thiophene rings is 1. The first-order valence-electron chi connectivity index (χ1n) is 7.01. The fourth-order valence-electron chi connectivity index (χ4n) is 2.21. The first-order valence-corrected chi connectivity index (χ1v) is 7.89. The van der Waals surface area contributed by atoms with Crippen LogP contribution >= 0.6 is 11.3 Å². The first kappa shape index (κ1) is 16.7. The van der Waals surface area contributed by atoms with Crippen LogP contribution in [0.3, 0.4) is 0 Å². The van der Waals surface area contributed by atoms with Gasteiger partial charge in [-0.3, -0.25) is 4.79 Å². The molecule has 0 atom stereocenters. The highest BCUT2D eigenvalue weighted by molar-refractivity contribution is 7.10. The Balaban J connectivity index is 2.60. The molecular formula is C16H24N2OS. The summed E-state index contributed by atoms with van der Waals surface area (Å²) in [5.74, 6) is 7.33. The molecule has 0 saturated heterocycles. The molecule has 0 radical (unpaired) electrons. The summed E-state index contributed by atoms with van der Waals surface area (Å²) < 4.78 is 0. The highest BCUT2D eigenvalue weighted by Gasteiger charge is 2.18. The molecule has 1 amide bonds. The lowest BCUT2D eigenvalue weighted by atomic mass is 9.85. The standard InChI is InChI=1S/C16H24N2OS/c1-11(2)15(12(3)4)9-18-16(19)13-8-14(20-10-13)6-5-7-17/h8,10-12,15H,7,9,17H2,1-4H3,(H,18,19). The lowest BCUT2D eigenvalue weighted by Gasteiger charge is -2.24. The maximum absolute atomic E-state index is 12.1. The van der Waals surface area contributed by atoms with Crippen LogP contribution < -0.4 is 11.1 Å². The van der Waals surface area contributed by atoms with Crippen LogP contribution in [0.4, 0.5) is 0 Å². The SMILES string of the molecule is CC(C)C(CNC(=O)c1csc(C#CCN)c1)C(C)C. The zero-order valence-electron chi connectivity index (χ0n) is 12.7. The highest BCUT2D eigenvalue weighted by Crippen LogP contribution is 2.20. The summed E-state index contributed by atoms with van der Waals surface area (Å²) in [6.07, 6.45) is 0. The van der Waals surface area contributed by atoms with Crippen LogP contribution in [0.1, 0.15) is 42.9 Å². The molecule has 0 aromatic carbocycles. The molecular weight excluding hydrogens is 268 g/mol. The summed E-state index contributed by atoms with van der Waals surface area (Å²) in [5.41, 5.74) is 6.02. The zero-order valence-corrected chi connectivity index (χ0v) is 13.5. The third-order valence-electron chi connectivity index (χ3n) is 3.39. The van der Waals surface area contributed by atoms with Gasteiger partial charge in [-0.05, 0) is 23.8 Å². The molecule has 0 aliphatic heterocycles. The van der Waals surface area contributed by atoms with Crippen LogP contribution in [0, 0.1) is 29.6 Å². The molecule has 1 rings (SSSR count). The van der Waals surface area contributed by atoms with Gasteiger partial charge in [0.05, 0.1) is 17.0 Å². The van der Waals surface area contributed by atoms with Crippen molar-refractivity contribution < 1.29 is 4.79 Å². The van der Waals surface area contributed by atoms with Crippen LogP contribution in [-0.4, -0.2) is 19.0 Å². The Morgan fingerprint density at radius 1 is 1.35 bits per heavy atom. The molecule has 3 N–H and O–H groups in total. The Morgan fingerprint density at radius 2 is 2.00 bits per heavy atom. The van der Waals surface area contributed by atoms with Gasteiger partial charge in [0, 0.05) is 11.9 Å². The molecule has 20 heavy (non-hydrogen) atoms. The van der Waals surface area contributed by atoms with Crippen LogP contribution in [-0.2, 0) is 0 Å². The van der Waals surface area contributed by atoms with E-state index in [0.717, 1.165) is 4.88 Å². The summed E-state index contributed by atoms with van der Waals surface area (Å²) in [5, 5.41) is 4.87. The number of hydrogen-bond donors (Lipinski definition) is 2. The Labute approximate surface area is 126 Å². The van der Waals surface area contributed by atoms with E-state index >= 15 is 0 Å². The van der Waals surface area contributed by atoms with Gasteiger partial charge in [0.15, 0.2) is 0 Å². The van der Waals surface area contributed by atoms with E-state index in [0.29, 0.717) is 36.4 Å². The normalized spacial score (nSPS) is 10.8. The number of carbonyl (C=O) groups is 1. The average molecular weight is 292 g/mol. The predicted octanol–water partition coefficient (Wildman–Crippen LogP) is 2.72. The summed E-state index contributed by atoms with van der Waals surface area (Å²) in [4.78, 5) is 13.0. The molecule has 4 heteroatoms. The van der Waals surface area contributed by atoms with Gasteiger partial charge in [-0.15, -0.1) is 11.3 Å². The molecule has 0 bridgehead atoms. The summed E-state index contributed by atoms with van der Waals surface area (Å²) in [7, 11) is 0. The Kier molecular flexibility index (Phi) is 6.77. The third-order valence-corrected chi connectivity index (χ3v) is 4.23. The number of carbonyl (C=O) groups excluding carboxylic acids is 1. The van der Waals surface area contributed by atoms with Gasteiger partial charge < -0.3 is 11.1 Å². The second-order valence-electron chi connectivity index (χ2n) is 5.57. The quantitative estimate of drug-likeness (QED) is 0.820. The van der Waals surface area contributed by atoms with Crippen molar-refractivity contribution in [1.29, 1.82) is 0 Å². The minimum absolute atomic E-state index is 0.0200. The van der Waals surface area contributed by atoms with Crippen molar-refractivity contribution in [3.63, 3.8) is 0 Å². The zero-order chi connectivity index (χ0) is 15.1. The molecule has 110 valence electrons. The lowest BCUT2D eigenvalue weighted by molar-refractivity contribution is 0.0937. The molecule has 0 unspecified atom stereocenters. The number of rotatable bonds is 5.